The molecule has 1 aliphatic rings. The molecule has 7 heteroatoms. The SMILES string of the molecule is COc1ccc(S(=O)(=O)N(C)CCCC2CCCO2)cc1Cl. The topological polar surface area (TPSA) is 55.8 Å². The van der Waals surface area contributed by atoms with Gasteiger partial charge in [-0.15, -0.1) is 0 Å². The monoisotopic (exact) mass is 347 g/mol. The molecule has 0 spiro atoms. The van der Waals surface area contributed by atoms with Gasteiger partial charge >= 0.3 is 0 Å². The van der Waals surface area contributed by atoms with E-state index >= 15 is 0 Å². The molecule has 1 unspecified atom stereocenters. The zero-order valence-electron chi connectivity index (χ0n) is 12.9. The first-order chi connectivity index (χ1) is 10.4. The number of ether oxygens (including phenoxy) is 2. The van der Waals surface area contributed by atoms with Gasteiger partial charge in [-0.3, -0.25) is 0 Å². The summed E-state index contributed by atoms with van der Waals surface area (Å²) in [6, 6.07) is 4.50. The molecule has 0 aliphatic carbocycles. The third kappa shape index (κ3) is 4.13. The van der Waals surface area contributed by atoms with Crippen molar-refractivity contribution in [2.45, 2.75) is 36.7 Å². The standard InChI is InChI=1S/C15H22ClNO4S/c1-17(9-3-5-12-6-4-10-21-12)22(18,19)13-7-8-15(20-2)14(16)11-13/h7-8,11-12H,3-6,9-10H2,1-2H3. The van der Waals surface area contributed by atoms with Gasteiger partial charge in [-0.25, -0.2) is 12.7 Å². The van der Waals surface area contributed by atoms with E-state index < -0.39 is 10.0 Å². The maximum absolute atomic E-state index is 12.5. The zero-order valence-corrected chi connectivity index (χ0v) is 14.5. The molecule has 5 nitrogen and oxygen atoms in total. The highest BCUT2D eigenvalue weighted by Gasteiger charge is 2.22. The third-order valence-electron chi connectivity index (χ3n) is 3.85. The van der Waals surface area contributed by atoms with Crippen LogP contribution in [-0.2, 0) is 14.8 Å². The summed E-state index contributed by atoms with van der Waals surface area (Å²) >= 11 is 6.01. The van der Waals surface area contributed by atoms with E-state index in [1.54, 1.807) is 13.1 Å². The maximum atomic E-state index is 12.5. The van der Waals surface area contributed by atoms with Crippen LogP contribution in [0.5, 0.6) is 5.75 Å². The first kappa shape index (κ1) is 17.5. The van der Waals surface area contributed by atoms with E-state index in [0.717, 1.165) is 32.3 Å². The zero-order chi connectivity index (χ0) is 16.2. The van der Waals surface area contributed by atoms with E-state index in [2.05, 4.69) is 0 Å². The van der Waals surface area contributed by atoms with Crippen molar-refractivity contribution in [2.75, 3.05) is 27.3 Å². The van der Waals surface area contributed by atoms with Crippen LogP contribution in [0.15, 0.2) is 23.1 Å². The summed E-state index contributed by atoms with van der Waals surface area (Å²) in [7, 11) is -0.451. The van der Waals surface area contributed by atoms with Crippen LogP contribution in [0.3, 0.4) is 0 Å². The van der Waals surface area contributed by atoms with Gasteiger partial charge in [-0.05, 0) is 43.9 Å². The Kier molecular flexibility index (Phi) is 6.09. The van der Waals surface area contributed by atoms with Gasteiger partial charge in [0.2, 0.25) is 10.0 Å². The molecule has 2 rings (SSSR count). The first-order valence-corrected chi connectivity index (χ1v) is 9.18. The van der Waals surface area contributed by atoms with Crippen molar-refractivity contribution >= 4 is 21.6 Å². The molecule has 1 saturated heterocycles. The van der Waals surface area contributed by atoms with E-state index in [1.807, 2.05) is 0 Å². The van der Waals surface area contributed by atoms with Crippen LogP contribution in [0.2, 0.25) is 5.02 Å². The summed E-state index contributed by atoms with van der Waals surface area (Å²) in [5.41, 5.74) is 0. The minimum atomic E-state index is -3.53. The molecule has 1 aromatic rings. The second-order valence-electron chi connectivity index (χ2n) is 5.40. The normalized spacial score (nSPS) is 18.8. The van der Waals surface area contributed by atoms with Crippen LogP contribution in [0.4, 0.5) is 0 Å². The largest absolute Gasteiger partial charge is 0.495 e. The number of benzene rings is 1. The number of methoxy groups -OCH3 is 1. The van der Waals surface area contributed by atoms with Gasteiger partial charge in [0, 0.05) is 20.2 Å². The number of nitrogens with zero attached hydrogens (tertiary/aromatic N) is 1. The molecule has 0 saturated carbocycles. The summed E-state index contributed by atoms with van der Waals surface area (Å²) in [5, 5.41) is 0.288. The summed E-state index contributed by atoms with van der Waals surface area (Å²) < 4.78 is 37.0. The second-order valence-corrected chi connectivity index (χ2v) is 7.85. The van der Waals surface area contributed by atoms with Gasteiger partial charge in [0.05, 0.1) is 23.1 Å². The third-order valence-corrected chi connectivity index (χ3v) is 6.00. The predicted molar refractivity (Wildman–Crippen MR) is 86.0 cm³/mol. The average Bonchev–Trinajstić information content (AvgIpc) is 3.00. The Bertz CT molecular complexity index is 600. The van der Waals surface area contributed by atoms with Gasteiger partial charge < -0.3 is 9.47 Å². The smallest absolute Gasteiger partial charge is 0.242 e. The predicted octanol–water partition coefficient (Wildman–Crippen LogP) is 2.93. The van der Waals surface area contributed by atoms with Crippen LogP contribution >= 0.6 is 11.6 Å². The number of hydrogen-bond donors (Lipinski definition) is 0. The second kappa shape index (κ2) is 7.64. The van der Waals surface area contributed by atoms with E-state index in [9.17, 15) is 8.42 Å². The van der Waals surface area contributed by atoms with Gasteiger partial charge in [0.15, 0.2) is 0 Å². The fourth-order valence-electron chi connectivity index (χ4n) is 2.52. The Hall–Kier alpha value is -0.820. The van der Waals surface area contributed by atoms with Crippen LogP contribution in [0, 0.1) is 0 Å². The fourth-order valence-corrected chi connectivity index (χ4v) is 4.08. The number of hydrogen-bond acceptors (Lipinski definition) is 4. The first-order valence-electron chi connectivity index (χ1n) is 7.36. The van der Waals surface area contributed by atoms with Crippen LogP contribution < -0.4 is 4.74 Å². The summed E-state index contributed by atoms with van der Waals surface area (Å²) in [4.78, 5) is 0.179. The number of rotatable bonds is 7. The van der Waals surface area contributed by atoms with Crippen LogP contribution in [0.25, 0.3) is 0 Å². The van der Waals surface area contributed by atoms with Crippen molar-refractivity contribution in [1.29, 1.82) is 0 Å². The molecule has 124 valence electrons. The lowest BCUT2D eigenvalue weighted by Gasteiger charge is -2.18. The number of sulfonamides is 1. The molecule has 22 heavy (non-hydrogen) atoms. The molecule has 1 atom stereocenters. The van der Waals surface area contributed by atoms with Crippen LogP contribution in [-0.4, -0.2) is 46.1 Å². The molecule has 1 aromatic carbocycles. The lowest BCUT2D eigenvalue weighted by Crippen LogP contribution is -2.28. The average molecular weight is 348 g/mol. The minimum absolute atomic E-state index is 0.179. The summed E-state index contributed by atoms with van der Waals surface area (Å²) in [5.74, 6) is 0.460. The molecular weight excluding hydrogens is 326 g/mol. The Morgan fingerprint density at radius 2 is 2.23 bits per heavy atom. The molecule has 0 amide bonds. The van der Waals surface area contributed by atoms with E-state index in [-0.39, 0.29) is 16.0 Å². The van der Waals surface area contributed by atoms with Crippen molar-refractivity contribution in [3.8, 4) is 5.75 Å². The molecule has 1 heterocycles. The van der Waals surface area contributed by atoms with Gasteiger partial charge in [-0.1, -0.05) is 11.6 Å². The van der Waals surface area contributed by atoms with E-state index in [0.29, 0.717) is 12.3 Å². The van der Waals surface area contributed by atoms with Gasteiger partial charge in [0.1, 0.15) is 5.75 Å². The quantitative estimate of drug-likeness (QED) is 0.761. The molecule has 0 radical (unpaired) electrons. The molecule has 1 aliphatic heterocycles. The van der Waals surface area contributed by atoms with E-state index in [4.69, 9.17) is 21.1 Å². The highest BCUT2D eigenvalue weighted by Crippen LogP contribution is 2.28. The van der Waals surface area contributed by atoms with Crippen molar-refractivity contribution in [2.24, 2.45) is 0 Å². The minimum Gasteiger partial charge on any atom is -0.495 e. The molecule has 0 aromatic heterocycles. The summed E-state index contributed by atoms with van der Waals surface area (Å²) in [6.45, 7) is 1.29. The Morgan fingerprint density at radius 3 is 2.82 bits per heavy atom. The highest BCUT2D eigenvalue weighted by atomic mass is 35.5. The Labute approximate surface area is 137 Å². The maximum Gasteiger partial charge on any atom is 0.242 e. The lowest BCUT2D eigenvalue weighted by molar-refractivity contribution is 0.101. The summed E-state index contributed by atoms with van der Waals surface area (Å²) in [6.07, 6.45) is 4.13. The Morgan fingerprint density at radius 1 is 1.45 bits per heavy atom. The van der Waals surface area contributed by atoms with Crippen molar-refractivity contribution in [3.05, 3.63) is 23.2 Å². The van der Waals surface area contributed by atoms with Crippen molar-refractivity contribution in [1.82, 2.24) is 4.31 Å². The van der Waals surface area contributed by atoms with Crippen molar-refractivity contribution in [3.63, 3.8) is 0 Å². The number of halogens is 1. The van der Waals surface area contributed by atoms with E-state index in [1.165, 1.54) is 23.5 Å². The van der Waals surface area contributed by atoms with Crippen molar-refractivity contribution < 1.29 is 17.9 Å². The molecule has 0 bridgehead atoms. The Balaban J connectivity index is 1.97. The van der Waals surface area contributed by atoms with Gasteiger partial charge in [0.25, 0.3) is 0 Å². The molecular formula is C15H22ClNO4S. The highest BCUT2D eigenvalue weighted by molar-refractivity contribution is 7.89. The fraction of sp³-hybridized carbons (Fsp3) is 0.600. The molecule has 1 fully saturated rings. The molecule has 0 N–H and O–H groups in total. The van der Waals surface area contributed by atoms with Gasteiger partial charge in [-0.2, -0.15) is 0 Å². The van der Waals surface area contributed by atoms with Crippen LogP contribution in [0.1, 0.15) is 25.7 Å². The lowest BCUT2D eigenvalue weighted by atomic mass is 10.1.